The second-order valence-electron chi connectivity index (χ2n) is 8.28. The van der Waals surface area contributed by atoms with Crippen LogP contribution in [-0.4, -0.2) is 55.3 Å². The Morgan fingerprint density at radius 3 is 2.45 bits per heavy atom. The maximum Gasteiger partial charge on any atom is 0.324 e. The van der Waals surface area contributed by atoms with Gasteiger partial charge in [0.1, 0.15) is 0 Å². The molecule has 2 bridgehead atoms. The molecule has 5 rings (SSSR count). The van der Waals surface area contributed by atoms with Crippen LogP contribution in [0.3, 0.4) is 0 Å². The predicted octanol–water partition coefficient (Wildman–Crippen LogP) is 3.21. The van der Waals surface area contributed by atoms with Crippen molar-refractivity contribution in [2.45, 2.75) is 41.4 Å². The van der Waals surface area contributed by atoms with Crippen LogP contribution in [0.2, 0.25) is 0 Å². The fourth-order valence-electron chi connectivity index (χ4n) is 5.08. The highest BCUT2D eigenvalue weighted by molar-refractivity contribution is 7.98. The largest absolute Gasteiger partial charge is 0.324 e. The second-order valence-corrected chi connectivity index (χ2v) is 11.1. The molecule has 3 atom stereocenters. The van der Waals surface area contributed by atoms with Gasteiger partial charge in [0.15, 0.2) is 5.82 Å². The Morgan fingerprint density at radius 2 is 1.83 bits per heavy atom. The lowest BCUT2D eigenvalue weighted by Crippen LogP contribution is -2.48. The summed E-state index contributed by atoms with van der Waals surface area (Å²) in [5.74, 6) is 2.84. The maximum absolute atomic E-state index is 12.9. The Labute approximate surface area is 175 Å². The van der Waals surface area contributed by atoms with E-state index in [0.29, 0.717) is 48.9 Å². The van der Waals surface area contributed by atoms with E-state index in [1.807, 2.05) is 23.3 Å². The second kappa shape index (κ2) is 7.59. The third kappa shape index (κ3) is 3.57. The molecule has 0 spiro atoms. The van der Waals surface area contributed by atoms with E-state index in [2.05, 4.69) is 10.1 Å². The van der Waals surface area contributed by atoms with Gasteiger partial charge in [0, 0.05) is 37.0 Å². The van der Waals surface area contributed by atoms with Gasteiger partial charge in [-0.1, -0.05) is 11.6 Å². The lowest BCUT2D eigenvalue weighted by molar-refractivity contribution is 0.346. The number of aromatic nitrogens is 2. The van der Waals surface area contributed by atoms with Gasteiger partial charge in [-0.25, -0.2) is 8.42 Å². The van der Waals surface area contributed by atoms with E-state index >= 15 is 0 Å². The highest BCUT2D eigenvalue weighted by atomic mass is 32.2. The van der Waals surface area contributed by atoms with Crippen molar-refractivity contribution >= 4 is 27.8 Å². The minimum Gasteiger partial charge on any atom is -0.322 e. The third-order valence-corrected chi connectivity index (χ3v) is 9.36. The van der Waals surface area contributed by atoms with Crippen molar-refractivity contribution in [1.29, 1.82) is 0 Å². The third-order valence-electron chi connectivity index (χ3n) is 6.71. The number of piperazine rings is 1. The Morgan fingerprint density at radius 1 is 1.07 bits per heavy atom. The molecule has 0 amide bonds. The molecule has 0 radical (unpaired) electrons. The zero-order valence-electron chi connectivity index (χ0n) is 16.5. The number of sulfonamides is 1. The van der Waals surface area contributed by atoms with Crippen LogP contribution in [0.15, 0.2) is 38.6 Å². The average Bonchev–Trinajstić information content (AvgIpc) is 3.50. The predicted molar refractivity (Wildman–Crippen MR) is 112 cm³/mol. The Kier molecular flexibility index (Phi) is 5.08. The topological polar surface area (TPSA) is 79.5 Å². The molecule has 3 fully saturated rings. The number of fused-ring (bicyclic) bond motifs is 2. The van der Waals surface area contributed by atoms with E-state index in [1.54, 1.807) is 28.2 Å². The van der Waals surface area contributed by atoms with Crippen molar-refractivity contribution in [1.82, 2.24) is 14.4 Å². The van der Waals surface area contributed by atoms with Gasteiger partial charge < -0.3 is 9.42 Å². The van der Waals surface area contributed by atoms with Gasteiger partial charge in [0.05, 0.1) is 4.90 Å². The van der Waals surface area contributed by atoms with Crippen molar-refractivity contribution in [3.8, 4) is 0 Å². The van der Waals surface area contributed by atoms with Gasteiger partial charge in [0.25, 0.3) is 0 Å². The molecular weight excluding hydrogens is 408 g/mol. The van der Waals surface area contributed by atoms with Gasteiger partial charge in [-0.05, 0) is 61.6 Å². The minimum atomic E-state index is -3.48. The molecule has 1 aromatic heterocycles. The number of anilines is 1. The number of benzene rings is 1. The van der Waals surface area contributed by atoms with Crippen LogP contribution in [0.5, 0.6) is 0 Å². The molecule has 3 unspecified atom stereocenters. The van der Waals surface area contributed by atoms with Crippen LogP contribution in [0, 0.1) is 11.8 Å². The van der Waals surface area contributed by atoms with Crippen LogP contribution in [0.25, 0.3) is 0 Å². The Hall–Kier alpha value is -1.58. The lowest BCUT2D eigenvalue weighted by atomic mass is 9.88. The summed E-state index contributed by atoms with van der Waals surface area (Å²) in [6.45, 7) is 1.94. The fourth-order valence-corrected chi connectivity index (χ4v) is 6.91. The molecule has 2 heterocycles. The lowest BCUT2D eigenvalue weighted by Gasteiger charge is -2.32. The summed E-state index contributed by atoms with van der Waals surface area (Å²) >= 11 is 1.60. The van der Waals surface area contributed by atoms with Crippen molar-refractivity contribution in [2.75, 3.05) is 37.3 Å². The molecule has 156 valence electrons. The van der Waals surface area contributed by atoms with Gasteiger partial charge in [-0.2, -0.15) is 9.29 Å². The zero-order valence-corrected chi connectivity index (χ0v) is 18.2. The molecular formula is C20H26N4O3S2. The molecule has 2 aromatic rings. The van der Waals surface area contributed by atoms with E-state index in [4.69, 9.17) is 4.52 Å². The summed E-state index contributed by atoms with van der Waals surface area (Å²) in [5.41, 5.74) is 0. The van der Waals surface area contributed by atoms with Gasteiger partial charge in [0.2, 0.25) is 10.0 Å². The number of hydrogen-bond acceptors (Lipinski definition) is 7. The molecule has 7 nitrogen and oxygen atoms in total. The van der Waals surface area contributed by atoms with Crippen molar-refractivity contribution < 1.29 is 12.9 Å². The van der Waals surface area contributed by atoms with Crippen LogP contribution >= 0.6 is 11.8 Å². The summed E-state index contributed by atoms with van der Waals surface area (Å²) in [6.07, 6.45) is 7.10. The molecule has 1 saturated heterocycles. The number of hydrogen-bond donors (Lipinski definition) is 0. The highest BCUT2D eigenvalue weighted by Crippen LogP contribution is 2.52. The molecule has 1 aromatic carbocycles. The van der Waals surface area contributed by atoms with E-state index in [9.17, 15) is 8.42 Å². The molecule has 3 aliphatic rings. The first-order chi connectivity index (χ1) is 14.0. The Bertz CT molecular complexity index is 968. The first-order valence-electron chi connectivity index (χ1n) is 10.3. The summed E-state index contributed by atoms with van der Waals surface area (Å²) in [6, 6.07) is 7.61. The molecule has 9 heteroatoms. The summed E-state index contributed by atoms with van der Waals surface area (Å²) in [4.78, 5) is 8.08. The van der Waals surface area contributed by atoms with Gasteiger partial charge >= 0.3 is 6.01 Å². The Balaban J connectivity index is 1.23. The molecule has 29 heavy (non-hydrogen) atoms. The first kappa shape index (κ1) is 19.4. The monoisotopic (exact) mass is 434 g/mol. The normalized spacial score (nSPS) is 27.6. The van der Waals surface area contributed by atoms with E-state index in [1.165, 1.54) is 25.7 Å². The first-order valence-corrected chi connectivity index (χ1v) is 12.9. The van der Waals surface area contributed by atoms with Crippen molar-refractivity contribution in [2.24, 2.45) is 11.8 Å². The number of rotatable bonds is 5. The molecule has 1 aliphatic heterocycles. The van der Waals surface area contributed by atoms with Crippen LogP contribution in [0.1, 0.15) is 37.4 Å². The molecule has 2 saturated carbocycles. The summed E-state index contributed by atoms with van der Waals surface area (Å²) in [7, 11) is -3.48. The standard InChI is InChI=1S/C20H26N4O3S2/c1-28-16-4-6-17(7-5-16)29(25,26)24-10-8-23(9-11-24)20-21-19(22-27-20)18-13-14-2-3-15(18)12-14/h4-7,14-15,18H,2-3,8-13H2,1H3. The average molecular weight is 435 g/mol. The van der Waals surface area contributed by atoms with Gasteiger partial charge in [-0.15, -0.1) is 11.8 Å². The SMILES string of the molecule is CSc1ccc(S(=O)(=O)N2CCN(c3nc(C4CC5CCC4C5)no3)CC2)cc1. The quantitative estimate of drug-likeness (QED) is 0.669. The van der Waals surface area contributed by atoms with Crippen LogP contribution in [0.4, 0.5) is 6.01 Å². The van der Waals surface area contributed by atoms with Crippen molar-refractivity contribution in [3.63, 3.8) is 0 Å². The van der Waals surface area contributed by atoms with E-state index < -0.39 is 10.0 Å². The smallest absolute Gasteiger partial charge is 0.322 e. The van der Waals surface area contributed by atoms with Crippen LogP contribution < -0.4 is 4.90 Å². The zero-order chi connectivity index (χ0) is 20.0. The van der Waals surface area contributed by atoms with Crippen molar-refractivity contribution in [3.05, 3.63) is 30.1 Å². The minimum absolute atomic E-state index is 0.347. The van der Waals surface area contributed by atoms with Gasteiger partial charge in [-0.3, -0.25) is 0 Å². The fraction of sp³-hybridized carbons (Fsp3) is 0.600. The molecule has 2 aliphatic carbocycles. The van der Waals surface area contributed by atoms with Crippen LogP contribution in [-0.2, 0) is 10.0 Å². The van der Waals surface area contributed by atoms with E-state index in [-0.39, 0.29) is 0 Å². The highest BCUT2D eigenvalue weighted by Gasteiger charge is 2.42. The maximum atomic E-state index is 12.9. The van der Waals surface area contributed by atoms with E-state index in [0.717, 1.165) is 16.6 Å². The summed E-state index contributed by atoms with van der Waals surface area (Å²) in [5, 5.41) is 4.26. The number of thioether (sulfide) groups is 1. The molecule has 0 N–H and O–H groups in total. The number of nitrogens with zero attached hydrogens (tertiary/aromatic N) is 4. The summed E-state index contributed by atoms with van der Waals surface area (Å²) < 4.78 is 33.0.